The van der Waals surface area contributed by atoms with Crippen LogP contribution >= 0.6 is 0 Å². The average Bonchev–Trinajstić information content (AvgIpc) is 1.96. The van der Waals surface area contributed by atoms with Gasteiger partial charge >= 0.3 is 5.97 Å². The Morgan fingerprint density at radius 2 is 2.08 bits per heavy atom. The van der Waals surface area contributed by atoms with E-state index in [4.69, 9.17) is 5.11 Å². The Kier molecular flexibility index (Phi) is 4.31. The molecular weight excluding hydrogens is 196 g/mol. The summed E-state index contributed by atoms with van der Waals surface area (Å²) in [5, 5.41) is 13.3. The van der Waals surface area contributed by atoms with Crippen LogP contribution in [0.4, 0.5) is 0 Å². The lowest BCUT2D eigenvalue weighted by Crippen LogP contribution is -2.47. The summed E-state index contributed by atoms with van der Waals surface area (Å²) in [6, 6.07) is -1.15. The van der Waals surface area contributed by atoms with Crippen molar-refractivity contribution in [3.63, 3.8) is 0 Å². The molecule has 0 heterocycles. The SMILES string of the molecule is CC[C@H](C)[C@H](NS(N)(=O)=O)C(=O)O. The van der Waals surface area contributed by atoms with Gasteiger partial charge in [-0.05, 0) is 5.92 Å². The van der Waals surface area contributed by atoms with Gasteiger partial charge in [0, 0.05) is 0 Å². The summed E-state index contributed by atoms with van der Waals surface area (Å²) >= 11 is 0. The van der Waals surface area contributed by atoms with Crippen LogP contribution in [0.25, 0.3) is 0 Å². The normalized spacial score (nSPS) is 16.5. The van der Waals surface area contributed by atoms with Crippen molar-refractivity contribution < 1.29 is 18.3 Å². The van der Waals surface area contributed by atoms with Crippen molar-refractivity contribution in [2.24, 2.45) is 11.1 Å². The summed E-state index contributed by atoms with van der Waals surface area (Å²) in [7, 11) is -3.95. The maximum Gasteiger partial charge on any atom is 0.322 e. The van der Waals surface area contributed by atoms with Gasteiger partial charge in [-0.15, -0.1) is 0 Å². The quantitative estimate of drug-likeness (QED) is 0.556. The second-order valence-electron chi connectivity index (χ2n) is 2.86. The molecule has 0 fully saturated rings. The molecule has 13 heavy (non-hydrogen) atoms. The second kappa shape index (κ2) is 4.54. The lowest BCUT2D eigenvalue weighted by atomic mass is 10.0. The fourth-order valence-electron chi connectivity index (χ4n) is 0.823. The van der Waals surface area contributed by atoms with Crippen LogP contribution < -0.4 is 9.86 Å². The largest absolute Gasteiger partial charge is 0.480 e. The minimum absolute atomic E-state index is 0.296. The van der Waals surface area contributed by atoms with Gasteiger partial charge in [0.2, 0.25) is 0 Å². The van der Waals surface area contributed by atoms with Crippen LogP contribution in [0, 0.1) is 5.92 Å². The summed E-state index contributed by atoms with van der Waals surface area (Å²) in [5.41, 5.74) is 0. The molecule has 0 aliphatic carbocycles. The van der Waals surface area contributed by atoms with Gasteiger partial charge in [-0.1, -0.05) is 20.3 Å². The van der Waals surface area contributed by atoms with Crippen molar-refractivity contribution >= 4 is 16.2 Å². The molecule has 0 spiro atoms. The van der Waals surface area contributed by atoms with E-state index in [-0.39, 0.29) is 5.92 Å². The van der Waals surface area contributed by atoms with Crippen LogP contribution in [0.3, 0.4) is 0 Å². The summed E-state index contributed by atoms with van der Waals surface area (Å²) in [6.07, 6.45) is 0.555. The number of aliphatic carboxylic acids is 1. The Morgan fingerprint density at radius 3 is 2.31 bits per heavy atom. The van der Waals surface area contributed by atoms with Gasteiger partial charge in [-0.3, -0.25) is 4.79 Å². The van der Waals surface area contributed by atoms with E-state index in [0.29, 0.717) is 6.42 Å². The van der Waals surface area contributed by atoms with E-state index in [1.807, 2.05) is 4.72 Å². The number of carboxylic acid groups (broad SMARTS) is 1. The van der Waals surface area contributed by atoms with Gasteiger partial charge in [0.05, 0.1) is 0 Å². The second-order valence-corrected chi connectivity index (χ2v) is 4.19. The molecule has 0 radical (unpaired) electrons. The topological polar surface area (TPSA) is 109 Å². The van der Waals surface area contributed by atoms with Gasteiger partial charge in [0.25, 0.3) is 10.2 Å². The fourth-order valence-corrected chi connectivity index (χ4v) is 1.51. The minimum atomic E-state index is -3.95. The maximum absolute atomic E-state index is 10.6. The first kappa shape index (κ1) is 12.3. The van der Waals surface area contributed by atoms with E-state index < -0.39 is 22.2 Å². The molecule has 0 unspecified atom stereocenters. The Hall–Kier alpha value is -0.660. The molecular formula is C6H14N2O4S. The van der Waals surface area contributed by atoms with Gasteiger partial charge in [-0.25, -0.2) is 5.14 Å². The first-order valence-electron chi connectivity index (χ1n) is 3.80. The number of carbonyl (C=O) groups is 1. The molecule has 0 saturated carbocycles. The maximum atomic E-state index is 10.6. The van der Waals surface area contributed by atoms with Crippen LogP contribution in [-0.2, 0) is 15.0 Å². The molecule has 0 aromatic carbocycles. The van der Waals surface area contributed by atoms with Gasteiger partial charge in [0.1, 0.15) is 6.04 Å². The average molecular weight is 210 g/mol. The standard InChI is InChI=1S/C6H14N2O4S/c1-3-4(2)5(6(9)10)8-13(7,11)12/h4-5,8H,3H2,1-2H3,(H,9,10)(H2,7,11,12)/t4-,5-/m0/s1. The Balaban J connectivity index is 4.54. The van der Waals surface area contributed by atoms with E-state index >= 15 is 0 Å². The molecule has 0 amide bonds. The Labute approximate surface area is 77.3 Å². The monoisotopic (exact) mass is 210 g/mol. The minimum Gasteiger partial charge on any atom is -0.480 e. The highest BCUT2D eigenvalue weighted by Crippen LogP contribution is 2.07. The van der Waals surface area contributed by atoms with Crippen molar-refractivity contribution in [1.82, 2.24) is 4.72 Å². The van der Waals surface area contributed by atoms with E-state index in [2.05, 4.69) is 5.14 Å². The van der Waals surface area contributed by atoms with Gasteiger partial charge < -0.3 is 5.11 Å². The summed E-state index contributed by atoms with van der Waals surface area (Å²) in [4.78, 5) is 10.6. The molecule has 0 rings (SSSR count). The molecule has 6 nitrogen and oxygen atoms in total. The van der Waals surface area contributed by atoms with E-state index in [9.17, 15) is 13.2 Å². The highest BCUT2D eigenvalue weighted by Gasteiger charge is 2.26. The summed E-state index contributed by atoms with van der Waals surface area (Å²) < 4.78 is 23.0. The predicted molar refractivity (Wildman–Crippen MR) is 47.1 cm³/mol. The highest BCUT2D eigenvalue weighted by molar-refractivity contribution is 7.87. The predicted octanol–water partition coefficient (Wildman–Crippen LogP) is -0.721. The Morgan fingerprint density at radius 1 is 1.62 bits per heavy atom. The van der Waals surface area contributed by atoms with E-state index in [1.165, 1.54) is 0 Å². The summed E-state index contributed by atoms with van der Waals surface area (Å²) in [6.45, 7) is 3.41. The van der Waals surface area contributed by atoms with Gasteiger partial charge in [-0.2, -0.15) is 13.1 Å². The fraction of sp³-hybridized carbons (Fsp3) is 0.833. The number of hydrogen-bond donors (Lipinski definition) is 3. The molecule has 0 bridgehead atoms. The molecule has 0 saturated heterocycles. The third kappa shape index (κ3) is 4.81. The number of nitrogens with two attached hydrogens (primary N) is 1. The number of hydrogen-bond acceptors (Lipinski definition) is 3. The van der Waals surface area contributed by atoms with Crippen molar-refractivity contribution in [3.05, 3.63) is 0 Å². The van der Waals surface area contributed by atoms with E-state index in [1.54, 1.807) is 13.8 Å². The first-order chi connectivity index (χ1) is 5.78. The number of carboxylic acids is 1. The van der Waals surface area contributed by atoms with Crippen LogP contribution in [0.15, 0.2) is 0 Å². The molecule has 0 aromatic rings. The zero-order chi connectivity index (χ0) is 10.6. The molecule has 7 heteroatoms. The van der Waals surface area contributed by atoms with E-state index in [0.717, 1.165) is 0 Å². The lowest BCUT2D eigenvalue weighted by Gasteiger charge is -2.18. The van der Waals surface area contributed by atoms with Crippen LogP contribution in [0.5, 0.6) is 0 Å². The van der Waals surface area contributed by atoms with Crippen molar-refractivity contribution in [1.29, 1.82) is 0 Å². The summed E-state index contributed by atoms with van der Waals surface area (Å²) in [5.74, 6) is -1.51. The number of nitrogens with one attached hydrogen (secondary N) is 1. The zero-order valence-electron chi connectivity index (χ0n) is 7.52. The molecule has 0 aliphatic rings. The van der Waals surface area contributed by atoms with Crippen LogP contribution in [-0.4, -0.2) is 25.5 Å². The highest BCUT2D eigenvalue weighted by atomic mass is 32.2. The van der Waals surface area contributed by atoms with Crippen molar-refractivity contribution in [2.45, 2.75) is 26.3 Å². The number of rotatable bonds is 5. The van der Waals surface area contributed by atoms with Crippen LogP contribution in [0.1, 0.15) is 20.3 Å². The zero-order valence-corrected chi connectivity index (χ0v) is 8.34. The molecule has 2 atom stereocenters. The van der Waals surface area contributed by atoms with Gasteiger partial charge in [0.15, 0.2) is 0 Å². The molecule has 0 aromatic heterocycles. The van der Waals surface area contributed by atoms with Crippen LogP contribution in [0.2, 0.25) is 0 Å². The van der Waals surface area contributed by atoms with Crippen molar-refractivity contribution in [2.75, 3.05) is 0 Å². The molecule has 78 valence electrons. The molecule has 0 aliphatic heterocycles. The third-order valence-corrected chi connectivity index (χ3v) is 2.35. The third-order valence-electron chi connectivity index (χ3n) is 1.77. The smallest absolute Gasteiger partial charge is 0.322 e. The Bertz CT molecular complexity index is 274. The lowest BCUT2D eigenvalue weighted by molar-refractivity contribution is -0.140. The first-order valence-corrected chi connectivity index (χ1v) is 5.35. The molecule has 4 N–H and O–H groups in total. The van der Waals surface area contributed by atoms with Crippen molar-refractivity contribution in [3.8, 4) is 0 Å².